The van der Waals surface area contributed by atoms with Crippen molar-refractivity contribution in [3.63, 3.8) is 0 Å². The van der Waals surface area contributed by atoms with Crippen LogP contribution in [-0.4, -0.2) is 11.7 Å². The third kappa shape index (κ3) is 10.3. The minimum absolute atomic E-state index is 0. The SMILES string of the molecule is CCC(C)OP(=O)([O-])OC(C)(C)C.[K+]. The van der Waals surface area contributed by atoms with Crippen molar-refractivity contribution in [2.24, 2.45) is 0 Å². The van der Waals surface area contributed by atoms with Gasteiger partial charge in [0.1, 0.15) is 0 Å². The van der Waals surface area contributed by atoms with Crippen molar-refractivity contribution in [1.82, 2.24) is 0 Å². The van der Waals surface area contributed by atoms with E-state index in [4.69, 9.17) is 9.05 Å². The first-order valence-corrected chi connectivity index (χ1v) is 5.82. The summed E-state index contributed by atoms with van der Waals surface area (Å²) in [6, 6.07) is 0. The molecule has 0 aromatic carbocycles. The van der Waals surface area contributed by atoms with Gasteiger partial charge in [0.25, 0.3) is 7.82 Å². The summed E-state index contributed by atoms with van der Waals surface area (Å²) in [5, 5.41) is 0. The van der Waals surface area contributed by atoms with E-state index in [-0.39, 0.29) is 57.5 Å². The third-order valence-electron chi connectivity index (χ3n) is 1.27. The summed E-state index contributed by atoms with van der Waals surface area (Å²) in [5.41, 5.74) is -0.731. The smallest absolute Gasteiger partial charge is 0.756 e. The van der Waals surface area contributed by atoms with Crippen molar-refractivity contribution in [1.29, 1.82) is 0 Å². The van der Waals surface area contributed by atoms with Gasteiger partial charge in [-0.1, -0.05) is 6.92 Å². The van der Waals surface area contributed by atoms with E-state index < -0.39 is 13.4 Å². The first kappa shape index (κ1) is 18.1. The molecule has 0 aromatic rings. The monoisotopic (exact) mass is 248 g/mol. The molecule has 0 spiro atoms. The number of rotatable bonds is 4. The van der Waals surface area contributed by atoms with Crippen LogP contribution in [-0.2, 0) is 13.6 Å². The summed E-state index contributed by atoms with van der Waals surface area (Å²) in [7, 11) is -4.14. The fourth-order valence-corrected chi connectivity index (χ4v) is 1.96. The normalized spacial score (nSPS) is 18.1. The molecule has 0 N–H and O–H groups in total. The molecule has 0 heterocycles. The van der Waals surface area contributed by atoms with Crippen molar-refractivity contribution in [2.75, 3.05) is 0 Å². The molecule has 0 saturated heterocycles. The van der Waals surface area contributed by atoms with Gasteiger partial charge in [-0.15, -0.1) is 0 Å². The van der Waals surface area contributed by atoms with Gasteiger partial charge in [0.05, 0.1) is 11.7 Å². The molecule has 2 unspecified atom stereocenters. The summed E-state index contributed by atoms with van der Waals surface area (Å²) in [6.45, 7) is 8.53. The Labute approximate surface area is 129 Å². The van der Waals surface area contributed by atoms with Crippen LogP contribution in [0.3, 0.4) is 0 Å². The van der Waals surface area contributed by atoms with Crippen molar-refractivity contribution in [2.45, 2.75) is 52.7 Å². The molecular formula is C8H18KO4P. The van der Waals surface area contributed by atoms with E-state index in [1.54, 1.807) is 27.7 Å². The van der Waals surface area contributed by atoms with E-state index in [0.29, 0.717) is 6.42 Å². The van der Waals surface area contributed by atoms with E-state index in [9.17, 15) is 9.46 Å². The average molecular weight is 248 g/mol. The zero-order valence-corrected chi connectivity index (χ0v) is 13.9. The van der Waals surface area contributed by atoms with Gasteiger partial charge in [0.2, 0.25) is 0 Å². The van der Waals surface area contributed by atoms with Crippen LogP contribution < -0.4 is 56.3 Å². The average Bonchev–Trinajstić information content (AvgIpc) is 1.80. The summed E-state index contributed by atoms with van der Waals surface area (Å²) >= 11 is 0. The van der Waals surface area contributed by atoms with Crippen LogP contribution in [0.1, 0.15) is 41.0 Å². The van der Waals surface area contributed by atoms with Crippen molar-refractivity contribution < 1.29 is 69.9 Å². The molecular weight excluding hydrogens is 230 g/mol. The Morgan fingerprint density at radius 2 is 1.86 bits per heavy atom. The maximum atomic E-state index is 11.2. The predicted octanol–water partition coefficient (Wildman–Crippen LogP) is -0.911. The molecule has 2 atom stereocenters. The van der Waals surface area contributed by atoms with Crippen LogP contribution in [0.15, 0.2) is 0 Å². The number of hydrogen-bond acceptors (Lipinski definition) is 4. The largest absolute Gasteiger partial charge is 1.00 e. The van der Waals surface area contributed by atoms with Crippen molar-refractivity contribution >= 4 is 7.82 Å². The molecule has 14 heavy (non-hydrogen) atoms. The molecule has 0 aromatic heterocycles. The number of phosphoric acid groups is 1. The zero-order chi connectivity index (χ0) is 10.7. The van der Waals surface area contributed by atoms with Crippen LogP contribution in [0, 0.1) is 0 Å². The molecule has 4 nitrogen and oxygen atoms in total. The molecule has 0 bridgehead atoms. The first-order chi connectivity index (χ1) is 5.66. The van der Waals surface area contributed by atoms with E-state index in [1.807, 2.05) is 6.92 Å². The summed E-state index contributed by atoms with van der Waals surface area (Å²) < 4.78 is 20.7. The minimum Gasteiger partial charge on any atom is -0.756 e. The molecule has 0 rings (SSSR count). The molecule has 6 heteroatoms. The molecule has 0 aliphatic carbocycles. The van der Waals surface area contributed by atoms with Crippen LogP contribution >= 0.6 is 7.82 Å². The molecule has 0 saturated carbocycles. The quantitative estimate of drug-likeness (QED) is 0.477. The Balaban J connectivity index is 0. The second kappa shape index (κ2) is 7.15. The topological polar surface area (TPSA) is 58.6 Å². The van der Waals surface area contributed by atoms with Gasteiger partial charge in [-0.05, 0) is 34.1 Å². The van der Waals surface area contributed by atoms with Crippen LogP contribution in [0.2, 0.25) is 0 Å². The first-order valence-electron chi connectivity index (χ1n) is 4.36. The summed E-state index contributed by atoms with van der Waals surface area (Å²) in [6.07, 6.45) is 0.311. The Hall–Kier alpha value is 1.75. The Bertz CT molecular complexity index is 202. The maximum absolute atomic E-state index is 11.2. The molecule has 0 fully saturated rings. The second-order valence-corrected chi connectivity index (χ2v) is 5.26. The Kier molecular flexibility index (Phi) is 9.25. The number of hydrogen-bond donors (Lipinski definition) is 0. The van der Waals surface area contributed by atoms with Gasteiger partial charge in [0.15, 0.2) is 0 Å². The molecule has 0 amide bonds. The standard InChI is InChI=1S/C8H19O4P.K/c1-6-7(2)11-13(9,10)12-8(3,4)5;/h7H,6H2,1-5H3,(H,9,10);/q;+1/p-1. The van der Waals surface area contributed by atoms with Gasteiger partial charge in [-0.2, -0.15) is 0 Å². The van der Waals surface area contributed by atoms with E-state index >= 15 is 0 Å². The Morgan fingerprint density at radius 3 is 2.14 bits per heavy atom. The van der Waals surface area contributed by atoms with Gasteiger partial charge in [-0.25, -0.2) is 0 Å². The molecule has 0 radical (unpaired) electrons. The second-order valence-electron chi connectivity index (χ2n) is 3.98. The Morgan fingerprint density at radius 1 is 1.43 bits per heavy atom. The van der Waals surface area contributed by atoms with Gasteiger partial charge >= 0.3 is 51.4 Å². The number of phosphoric ester groups is 1. The molecule has 80 valence electrons. The van der Waals surface area contributed by atoms with E-state index in [2.05, 4.69) is 0 Å². The van der Waals surface area contributed by atoms with Crippen molar-refractivity contribution in [3.05, 3.63) is 0 Å². The molecule has 0 aliphatic heterocycles. The summed E-state index contributed by atoms with van der Waals surface area (Å²) in [5.74, 6) is 0. The fourth-order valence-electron chi connectivity index (χ4n) is 0.652. The predicted molar refractivity (Wildman–Crippen MR) is 49.3 cm³/mol. The van der Waals surface area contributed by atoms with Crippen LogP contribution in [0.4, 0.5) is 0 Å². The van der Waals surface area contributed by atoms with Crippen LogP contribution in [0.25, 0.3) is 0 Å². The van der Waals surface area contributed by atoms with E-state index in [0.717, 1.165) is 0 Å². The molecule has 0 aliphatic rings. The van der Waals surface area contributed by atoms with Crippen LogP contribution in [0.5, 0.6) is 0 Å². The van der Waals surface area contributed by atoms with Gasteiger partial charge in [-0.3, -0.25) is 4.57 Å². The van der Waals surface area contributed by atoms with Gasteiger partial charge in [0, 0.05) is 0 Å². The minimum atomic E-state index is -4.14. The fraction of sp³-hybridized carbons (Fsp3) is 1.00. The van der Waals surface area contributed by atoms with Gasteiger partial charge < -0.3 is 13.9 Å². The maximum Gasteiger partial charge on any atom is 1.00 e. The van der Waals surface area contributed by atoms with Crippen molar-refractivity contribution in [3.8, 4) is 0 Å². The van der Waals surface area contributed by atoms with E-state index in [1.165, 1.54) is 0 Å². The zero-order valence-electron chi connectivity index (χ0n) is 9.86. The third-order valence-corrected chi connectivity index (χ3v) is 2.66. The summed E-state index contributed by atoms with van der Waals surface area (Å²) in [4.78, 5) is 11.2.